The second-order valence-corrected chi connectivity index (χ2v) is 3.71. The Morgan fingerprint density at radius 2 is 2.19 bits per heavy atom. The summed E-state index contributed by atoms with van der Waals surface area (Å²) in [6.45, 7) is 1.89. The van der Waals surface area contributed by atoms with Crippen LogP contribution in [0.4, 0.5) is 0 Å². The van der Waals surface area contributed by atoms with Gasteiger partial charge < -0.3 is 10.2 Å². The summed E-state index contributed by atoms with van der Waals surface area (Å²) in [5.41, 5.74) is 0.643. The molecule has 0 spiro atoms. The van der Waals surface area contributed by atoms with Crippen LogP contribution in [0.2, 0.25) is 0 Å². The van der Waals surface area contributed by atoms with E-state index in [4.69, 9.17) is 5.26 Å². The molecule has 1 aromatic rings. The fraction of sp³-hybridized carbons (Fsp3) is 0.333. The van der Waals surface area contributed by atoms with Crippen LogP contribution in [0.1, 0.15) is 10.4 Å². The maximum atomic E-state index is 12.1. The van der Waals surface area contributed by atoms with Gasteiger partial charge in [0.05, 0.1) is 6.07 Å². The maximum Gasteiger partial charge on any atom is 0.255 e. The van der Waals surface area contributed by atoms with Gasteiger partial charge >= 0.3 is 0 Å². The minimum absolute atomic E-state index is 0.0614. The smallest absolute Gasteiger partial charge is 0.255 e. The molecule has 0 aromatic heterocycles. The van der Waals surface area contributed by atoms with Crippen LogP contribution in [0.5, 0.6) is 0 Å². The van der Waals surface area contributed by atoms with E-state index in [0.29, 0.717) is 18.7 Å². The third-order valence-corrected chi connectivity index (χ3v) is 2.67. The molecule has 4 heteroatoms. The highest BCUT2D eigenvalue weighted by Crippen LogP contribution is 2.09. The van der Waals surface area contributed by atoms with Crippen LogP contribution in [0.15, 0.2) is 30.3 Å². The molecule has 1 aromatic carbocycles. The SMILES string of the molecule is N#CC1CNCCN1C(=O)c1ccccc1. The average Bonchev–Trinajstić information content (AvgIpc) is 2.39. The third-order valence-electron chi connectivity index (χ3n) is 2.67. The molecule has 1 unspecified atom stereocenters. The van der Waals surface area contributed by atoms with Crippen molar-refractivity contribution in [2.75, 3.05) is 19.6 Å². The van der Waals surface area contributed by atoms with E-state index in [9.17, 15) is 4.79 Å². The van der Waals surface area contributed by atoms with Crippen LogP contribution in [-0.4, -0.2) is 36.5 Å². The summed E-state index contributed by atoms with van der Waals surface area (Å²) in [7, 11) is 0. The molecule has 0 aliphatic carbocycles. The summed E-state index contributed by atoms with van der Waals surface area (Å²) in [5, 5.41) is 12.1. The van der Waals surface area contributed by atoms with Crippen LogP contribution < -0.4 is 5.32 Å². The predicted octanol–water partition coefficient (Wildman–Crippen LogP) is 0.624. The number of benzene rings is 1. The standard InChI is InChI=1S/C12H13N3O/c13-8-11-9-14-6-7-15(11)12(16)10-4-2-1-3-5-10/h1-5,11,14H,6-7,9H2. The van der Waals surface area contributed by atoms with E-state index in [2.05, 4.69) is 11.4 Å². The third kappa shape index (κ3) is 2.05. The molecule has 2 rings (SSSR count). The van der Waals surface area contributed by atoms with Gasteiger partial charge in [-0.1, -0.05) is 18.2 Å². The largest absolute Gasteiger partial charge is 0.320 e. The molecule has 1 amide bonds. The van der Waals surface area contributed by atoms with E-state index in [0.717, 1.165) is 6.54 Å². The van der Waals surface area contributed by atoms with Crippen molar-refractivity contribution >= 4 is 5.91 Å². The zero-order valence-corrected chi connectivity index (χ0v) is 8.89. The van der Waals surface area contributed by atoms with Gasteiger partial charge in [0.1, 0.15) is 6.04 Å². The van der Waals surface area contributed by atoms with Gasteiger partial charge in [-0.3, -0.25) is 4.79 Å². The molecule has 1 atom stereocenters. The van der Waals surface area contributed by atoms with Gasteiger partial charge in [-0.2, -0.15) is 5.26 Å². The van der Waals surface area contributed by atoms with E-state index < -0.39 is 0 Å². The molecule has 4 nitrogen and oxygen atoms in total. The number of carbonyl (C=O) groups excluding carboxylic acids is 1. The van der Waals surface area contributed by atoms with Crippen molar-refractivity contribution in [3.63, 3.8) is 0 Å². The Kier molecular flexibility index (Phi) is 3.18. The Labute approximate surface area is 94.5 Å². The predicted molar refractivity (Wildman–Crippen MR) is 59.7 cm³/mol. The first-order valence-electron chi connectivity index (χ1n) is 5.29. The lowest BCUT2D eigenvalue weighted by Crippen LogP contribution is -2.53. The van der Waals surface area contributed by atoms with Crippen molar-refractivity contribution in [1.82, 2.24) is 10.2 Å². The molecular weight excluding hydrogens is 202 g/mol. The lowest BCUT2D eigenvalue weighted by atomic mass is 10.1. The molecule has 1 saturated heterocycles. The summed E-state index contributed by atoms with van der Waals surface area (Å²) < 4.78 is 0. The number of piperazine rings is 1. The molecule has 1 heterocycles. The molecule has 0 radical (unpaired) electrons. The van der Waals surface area contributed by atoms with Crippen LogP contribution in [0.25, 0.3) is 0 Å². The average molecular weight is 215 g/mol. The Morgan fingerprint density at radius 3 is 2.88 bits per heavy atom. The summed E-state index contributed by atoms with van der Waals surface area (Å²) in [5.74, 6) is -0.0614. The zero-order valence-electron chi connectivity index (χ0n) is 8.89. The fourth-order valence-corrected chi connectivity index (χ4v) is 1.81. The number of nitriles is 1. The second-order valence-electron chi connectivity index (χ2n) is 3.71. The fourth-order valence-electron chi connectivity index (χ4n) is 1.81. The molecule has 1 aliphatic rings. The van der Waals surface area contributed by atoms with E-state index in [1.807, 2.05) is 18.2 Å². The van der Waals surface area contributed by atoms with E-state index in [1.54, 1.807) is 17.0 Å². The van der Waals surface area contributed by atoms with Gasteiger partial charge in [-0.15, -0.1) is 0 Å². The lowest BCUT2D eigenvalue weighted by molar-refractivity contribution is 0.0687. The molecule has 0 saturated carbocycles. The number of carbonyl (C=O) groups is 1. The van der Waals surface area contributed by atoms with Crippen molar-refractivity contribution < 1.29 is 4.79 Å². The summed E-state index contributed by atoms with van der Waals surface area (Å²) in [4.78, 5) is 13.7. The first kappa shape index (κ1) is 10.7. The minimum atomic E-state index is -0.360. The topological polar surface area (TPSA) is 56.1 Å². The molecule has 16 heavy (non-hydrogen) atoms. The molecule has 1 aliphatic heterocycles. The lowest BCUT2D eigenvalue weighted by Gasteiger charge is -2.32. The Balaban J connectivity index is 2.18. The highest BCUT2D eigenvalue weighted by Gasteiger charge is 2.26. The molecular formula is C12H13N3O. The number of amides is 1. The summed E-state index contributed by atoms with van der Waals surface area (Å²) in [6.07, 6.45) is 0. The van der Waals surface area contributed by atoms with Crippen molar-refractivity contribution in [3.05, 3.63) is 35.9 Å². The van der Waals surface area contributed by atoms with Crippen LogP contribution >= 0.6 is 0 Å². The van der Waals surface area contributed by atoms with Crippen molar-refractivity contribution in [1.29, 1.82) is 5.26 Å². The number of nitrogens with zero attached hydrogens (tertiary/aromatic N) is 2. The molecule has 1 fully saturated rings. The van der Waals surface area contributed by atoms with Crippen molar-refractivity contribution in [2.45, 2.75) is 6.04 Å². The highest BCUT2D eigenvalue weighted by molar-refractivity contribution is 5.94. The monoisotopic (exact) mass is 215 g/mol. The van der Waals surface area contributed by atoms with E-state index in [1.165, 1.54) is 0 Å². The van der Waals surface area contributed by atoms with Crippen LogP contribution in [0.3, 0.4) is 0 Å². The number of hydrogen-bond acceptors (Lipinski definition) is 3. The number of rotatable bonds is 1. The maximum absolute atomic E-state index is 12.1. The van der Waals surface area contributed by atoms with Gasteiger partial charge in [-0.05, 0) is 12.1 Å². The molecule has 82 valence electrons. The second kappa shape index (κ2) is 4.77. The highest BCUT2D eigenvalue weighted by atomic mass is 16.2. The van der Waals surface area contributed by atoms with E-state index in [-0.39, 0.29) is 11.9 Å². The van der Waals surface area contributed by atoms with Crippen LogP contribution in [-0.2, 0) is 0 Å². The van der Waals surface area contributed by atoms with Gasteiger partial charge in [-0.25, -0.2) is 0 Å². The summed E-state index contributed by atoms with van der Waals surface area (Å²) >= 11 is 0. The van der Waals surface area contributed by atoms with Crippen LogP contribution in [0, 0.1) is 11.3 Å². The minimum Gasteiger partial charge on any atom is -0.320 e. The summed E-state index contributed by atoms with van der Waals surface area (Å²) in [6, 6.07) is 10.9. The van der Waals surface area contributed by atoms with Gasteiger partial charge in [0, 0.05) is 25.2 Å². The normalized spacial score (nSPS) is 20.2. The Bertz CT molecular complexity index is 410. The first-order chi connectivity index (χ1) is 7.83. The molecule has 0 bridgehead atoms. The van der Waals surface area contributed by atoms with Crippen molar-refractivity contribution in [2.24, 2.45) is 0 Å². The Hall–Kier alpha value is -1.86. The van der Waals surface area contributed by atoms with Crippen molar-refractivity contribution in [3.8, 4) is 6.07 Å². The first-order valence-corrected chi connectivity index (χ1v) is 5.29. The van der Waals surface area contributed by atoms with Gasteiger partial charge in [0.2, 0.25) is 0 Å². The number of hydrogen-bond donors (Lipinski definition) is 1. The zero-order chi connectivity index (χ0) is 11.4. The van der Waals surface area contributed by atoms with E-state index >= 15 is 0 Å². The van der Waals surface area contributed by atoms with Gasteiger partial charge in [0.15, 0.2) is 0 Å². The molecule has 1 N–H and O–H groups in total. The Morgan fingerprint density at radius 1 is 1.44 bits per heavy atom. The number of nitrogens with one attached hydrogen (secondary N) is 1. The quantitative estimate of drug-likeness (QED) is 0.747. The van der Waals surface area contributed by atoms with Gasteiger partial charge in [0.25, 0.3) is 5.91 Å².